The van der Waals surface area contributed by atoms with E-state index in [9.17, 15) is 0 Å². The number of aromatic nitrogens is 5. The molecule has 0 spiro atoms. The number of H-pyrrole nitrogens is 1. The van der Waals surface area contributed by atoms with Crippen LogP contribution >= 0.6 is 0 Å². The Morgan fingerprint density at radius 3 is 2.83 bits per heavy atom. The summed E-state index contributed by atoms with van der Waals surface area (Å²) in [5.41, 5.74) is -0.430. The second-order valence-electron chi connectivity index (χ2n) is 3.35. The molecule has 1 N–H and O–H groups in total. The fourth-order valence-electron chi connectivity index (χ4n) is 1.33. The van der Waals surface area contributed by atoms with E-state index in [1.54, 1.807) is 0 Å². The molecule has 0 atom stereocenters. The zero-order chi connectivity index (χ0) is 18.4. The van der Waals surface area contributed by atoms with E-state index < -0.39 is 36.6 Å². The van der Waals surface area contributed by atoms with Crippen LogP contribution in [0.1, 0.15) is 15.2 Å². The Kier molecular flexibility index (Phi) is 1.31. The highest BCUT2D eigenvalue weighted by molar-refractivity contribution is 5.58. The number of rotatable bonds is 2. The summed E-state index contributed by atoms with van der Waals surface area (Å²) in [5, 5.41) is 6.50. The third-order valence-electron chi connectivity index (χ3n) is 2.14. The molecule has 2 aromatic heterocycles. The van der Waals surface area contributed by atoms with E-state index in [2.05, 4.69) is 25.1 Å². The Bertz CT molecular complexity index is 907. The Morgan fingerprint density at radius 2 is 2.11 bits per heavy atom. The van der Waals surface area contributed by atoms with Crippen LogP contribution < -0.4 is 0 Å². The molecular formula is C13H11N5. The highest BCUT2D eigenvalue weighted by Gasteiger charge is 2.08. The van der Waals surface area contributed by atoms with E-state index in [1.807, 2.05) is 0 Å². The maximum absolute atomic E-state index is 8.04. The van der Waals surface area contributed by atoms with Crippen LogP contribution in [0.5, 0.6) is 0 Å². The van der Waals surface area contributed by atoms with Crippen molar-refractivity contribution >= 4 is 0 Å². The van der Waals surface area contributed by atoms with Crippen molar-refractivity contribution in [2.75, 3.05) is 0 Å². The number of aromatic amines is 1. The summed E-state index contributed by atoms with van der Waals surface area (Å²) in [6, 6.07) is -2.31. The van der Waals surface area contributed by atoms with Gasteiger partial charge in [-0.15, -0.1) is 0 Å². The number of benzene rings is 1. The van der Waals surface area contributed by atoms with Gasteiger partial charge in [0, 0.05) is 22.1 Å². The third kappa shape index (κ3) is 1.98. The summed E-state index contributed by atoms with van der Waals surface area (Å²) in [6.45, 7) is -2.76. The van der Waals surface area contributed by atoms with E-state index in [1.165, 1.54) is 18.6 Å². The fraction of sp³-hybridized carbons (Fsp3) is 0.0769. The van der Waals surface area contributed by atoms with Crippen molar-refractivity contribution in [1.82, 2.24) is 25.1 Å². The van der Waals surface area contributed by atoms with Crippen molar-refractivity contribution in [3.05, 3.63) is 48.3 Å². The average Bonchev–Trinajstić information content (AvgIpc) is 3.03. The Morgan fingerprint density at radius 1 is 1.22 bits per heavy atom. The van der Waals surface area contributed by atoms with Crippen LogP contribution in [0, 0.1) is 6.85 Å². The van der Waals surface area contributed by atoms with Gasteiger partial charge in [-0.05, 0) is 6.85 Å². The van der Waals surface area contributed by atoms with Gasteiger partial charge in [-0.2, -0.15) is 5.10 Å². The van der Waals surface area contributed by atoms with Crippen LogP contribution in [-0.2, 0) is 0 Å². The van der Waals surface area contributed by atoms with Crippen molar-refractivity contribution in [1.29, 1.82) is 0 Å². The van der Waals surface area contributed by atoms with Gasteiger partial charge in [-0.25, -0.2) is 9.97 Å². The van der Waals surface area contributed by atoms with E-state index in [4.69, 9.17) is 9.60 Å². The molecule has 0 aliphatic carbocycles. The first kappa shape index (κ1) is 5.39. The molecule has 0 amide bonds. The van der Waals surface area contributed by atoms with Gasteiger partial charge in [0.1, 0.15) is 5.69 Å². The maximum atomic E-state index is 8.04. The molecule has 0 saturated heterocycles. The smallest absolute Gasteiger partial charge is 0.181 e. The van der Waals surface area contributed by atoms with Gasteiger partial charge in [0.25, 0.3) is 0 Å². The first-order valence-electron chi connectivity index (χ1n) is 8.51. The normalized spacial score (nSPS) is 16.8. The summed E-state index contributed by atoms with van der Waals surface area (Å²) >= 11 is 0. The first-order chi connectivity index (χ1) is 11.7. The second kappa shape index (κ2) is 4.37. The van der Waals surface area contributed by atoms with Crippen LogP contribution in [0.4, 0.5) is 0 Å². The lowest BCUT2D eigenvalue weighted by Crippen LogP contribution is -1.86. The Hall–Kier alpha value is -2.56. The van der Waals surface area contributed by atoms with Crippen LogP contribution in [0.2, 0.25) is 0 Å². The van der Waals surface area contributed by atoms with Crippen molar-refractivity contribution in [3.8, 4) is 22.9 Å². The molecule has 0 aliphatic rings. The molecule has 2 heterocycles. The van der Waals surface area contributed by atoms with Crippen molar-refractivity contribution in [3.63, 3.8) is 0 Å². The van der Waals surface area contributed by atoms with Crippen LogP contribution in [0.15, 0.2) is 42.8 Å². The third-order valence-corrected chi connectivity index (χ3v) is 2.14. The number of hydrogen-bond donors (Lipinski definition) is 1. The molecule has 0 fully saturated rings. The first-order valence-corrected chi connectivity index (χ1v) is 5.01. The van der Waals surface area contributed by atoms with Crippen molar-refractivity contribution < 1.29 is 9.60 Å². The maximum Gasteiger partial charge on any atom is 0.181 e. The zero-order valence-corrected chi connectivity index (χ0v) is 9.02. The minimum atomic E-state index is -2.76. The second-order valence-corrected chi connectivity index (χ2v) is 3.35. The molecule has 0 saturated carbocycles. The van der Waals surface area contributed by atoms with Gasteiger partial charge < -0.3 is 0 Å². The number of nitrogens with zero attached hydrogens (tertiary/aromatic N) is 4. The van der Waals surface area contributed by atoms with E-state index in [0.29, 0.717) is 5.69 Å². The molecule has 0 radical (unpaired) electrons. The zero-order valence-electron chi connectivity index (χ0n) is 16.0. The molecule has 1 aromatic carbocycles. The predicted octanol–water partition coefficient (Wildman–Crippen LogP) is 2.24. The minimum absolute atomic E-state index is 0.0882. The molecule has 3 aromatic rings. The van der Waals surface area contributed by atoms with Gasteiger partial charge >= 0.3 is 0 Å². The molecule has 0 aliphatic heterocycles. The molecule has 0 bridgehead atoms. The lowest BCUT2D eigenvalue weighted by Gasteiger charge is -1.95. The Labute approximate surface area is 114 Å². The quantitative estimate of drug-likeness (QED) is 0.750. The molecule has 18 heavy (non-hydrogen) atoms. The van der Waals surface area contributed by atoms with Crippen molar-refractivity contribution in [2.24, 2.45) is 0 Å². The molecular weight excluding hydrogens is 226 g/mol. The van der Waals surface area contributed by atoms with Gasteiger partial charge in [0.05, 0.1) is 11.7 Å². The van der Waals surface area contributed by atoms with Gasteiger partial charge in [-0.1, -0.05) is 29.7 Å². The lowest BCUT2D eigenvalue weighted by atomic mass is 10.1. The largest absolute Gasteiger partial charge is 0.261 e. The van der Waals surface area contributed by atoms with Gasteiger partial charge in [-0.3, -0.25) is 10.1 Å². The molecule has 88 valence electrons. The molecule has 3 rings (SSSR count). The lowest BCUT2D eigenvalue weighted by molar-refractivity contribution is 1.08. The predicted molar refractivity (Wildman–Crippen MR) is 67.6 cm³/mol. The summed E-state index contributed by atoms with van der Waals surface area (Å²) in [4.78, 5) is 12.1. The monoisotopic (exact) mass is 244 g/mol. The van der Waals surface area contributed by atoms with Crippen molar-refractivity contribution in [2.45, 2.75) is 6.85 Å². The van der Waals surface area contributed by atoms with E-state index >= 15 is 0 Å². The summed E-state index contributed by atoms with van der Waals surface area (Å²) in [5.74, 6) is 0.148. The minimum Gasteiger partial charge on any atom is -0.261 e. The Balaban J connectivity index is 2.18. The van der Waals surface area contributed by atoms with E-state index in [-0.39, 0.29) is 17.2 Å². The fourth-order valence-corrected chi connectivity index (χ4v) is 1.33. The van der Waals surface area contributed by atoms with Gasteiger partial charge in [0.2, 0.25) is 0 Å². The van der Waals surface area contributed by atoms with Crippen LogP contribution in [0.3, 0.4) is 0 Å². The summed E-state index contributed by atoms with van der Waals surface area (Å²) in [6.07, 6.45) is 4.38. The van der Waals surface area contributed by atoms with E-state index in [0.717, 1.165) is 0 Å². The number of hydrogen-bond acceptors (Lipinski definition) is 4. The van der Waals surface area contributed by atoms with Crippen LogP contribution in [-0.4, -0.2) is 25.1 Å². The molecule has 5 heteroatoms. The molecule has 0 unspecified atom stereocenters. The highest BCUT2D eigenvalue weighted by atomic mass is 15.2. The topological polar surface area (TPSA) is 67.3 Å². The summed E-state index contributed by atoms with van der Waals surface area (Å²) in [7, 11) is 0. The highest BCUT2D eigenvalue weighted by Crippen LogP contribution is 2.18. The molecule has 5 nitrogen and oxygen atoms in total. The summed E-state index contributed by atoms with van der Waals surface area (Å²) < 4.78 is 54.1. The van der Waals surface area contributed by atoms with Crippen LogP contribution in [0.25, 0.3) is 22.9 Å². The number of nitrogens with one attached hydrogen (secondary N) is 1. The van der Waals surface area contributed by atoms with Gasteiger partial charge in [0.15, 0.2) is 11.6 Å². The standard InChI is InChI=1S/C13H11N5/c1-9-2-4-10(5-3-9)12-16-13(18-17-12)11-8-14-6-7-15-11/h2-8H,1H3,(H,16,17,18)/i1D3,2D,3D,4D,5D. The SMILES string of the molecule is [2H]c1c([2H])c(C([2H])([2H])[2H])c([2H])c([2H])c1-c1n[nH]c(-c2cnccn2)n1. The average molecular weight is 244 g/mol.